The van der Waals surface area contributed by atoms with Gasteiger partial charge in [-0.1, -0.05) is 43.3 Å². The Morgan fingerprint density at radius 1 is 1.00 bits per heavy atom. The zero-order chi connectivity index (χ0) is 25.5. The van der Waals surface area contributed by atoms with Crippen LogP contribution in [0.1, 0.15) is 48.4 Å². The van der Waals surface area contributed by atoms with E-state index in [2.05, 4.69) is 5.32 Å². The molecule has 7 nitrogen and oxygen atoms in total. The van der Waals surface area contributed by atoms with Gasteiger partial charge in [0.25, 0.3) is 0 Å². The van der Waals surface area contributed by atoms with Crippen molar-refractivity contribution in [2.75, 3.05) is 24.2 Å². The number of rotatable bonds is 11. The first-order chi connectivity index (χ1) is 16.0. The van der Waals surface area contributed by atoms with Gasteiger partial charge < -0.3 is 10.2 Å². The molecule has 0 aliphatic carbocycles. The van der Waals surface area contributed by atoms with Gasteiger partial charge in [0.2, 0.25) is 21.8 Å². The molecule has 1 unspecified atom stereocenters. The van der Waals surface area contributed by atoms with Crippen molar-refractivity contribution in [2.24, 2.45) is 0 Å². The monoisotopic (exact) mass is 487 g/mol. The molecular formula is C26H37N3O4S. The summed E-state index contributed by atoms with van der Waals surface area (Å²) in [6.45, 7) is 8.20. The lowest BCUT2D eigenvalue weighted by molar-refractivity contribution is -0.141. The highest BCUT2D eigenvalue weighted by atomic mass is 32.2. The number of likely N-dealkylation sites (N-methyl/N-ethyl adjacent to an activating group) is 1. The average molecular weight is 488 g/mol. The molecule has 0 fully saturated rings. The van der Waals surface area contributed by atoms with E-state index < -0.39 is 16.1 Å². The first kappa shape index (κ1) is 27.4. The van der Waals surface area contributed by atoms with E-state index in [4.69, 9.17) is 0 Å². The number of hydrogen-bond donors (Lipinski definition) is 1. The van der Waals surface area contributed by atoms with Gasteiger partial charge in [0.15, 0.2) is 0 Å². The summed E-state index contributed by atoms with van der Waals surface area (Å²) in [7, 11) is -1.96. The molecule has 1 N–H and O–H groups in total. The SMILES string of the molecule is CCC(C(=O)NC)N(Cc1ccccc1C)C(=O)CCCN(c1cccc(C)c1C)S(C)(=O)=O. The fourth-order valence-corrected chi connectivity index (χ4v) is 5.06. The summed E-state index contributed by atoms with van der Waals surface area (Å²) in [4.78, 5) is 27.5. The molecule has 2 amide bonds. The maximum atomic E-state index is 13.3. The second kappa shape index (κ2) is 12.0. The van der Waals surface area contributed by atoms with Crippen LogP contribution in [0.25, 0.3) is 0 Å². The standard InChI is InChI=1S/C26H37N3O4S/c1-7-23(26(31)27-5)28(18-22-14-9-8-12-20(22)3)25(30)16-11-17-29(34(6,32)33)24-15-10-13-19(2)21(24)4/h8-10,12-15,23H,7,11,16-18H2,1-6H3,(H,27,31). The van der Waals surface area contributed by atoms with Crippen LogP contribution in [0.4, 0.5) is 5.69 Å². The van der Waals surface area contributed by atoms with Crippen LogP contribution in [-0.4, -0.2) is 51.0 Å². The third kappa shape index (κ3) is 6.82. The molecule has 186 valence electrons. The molecule has 34 heavy (non-hydrogen) atoms. The highest BCUT2D eigenvalue weighted by molar-refractivity contribution is 7.92. The summed E-state index contributed by atoms with van der Waals surface area (Å²) in [5.41, 5.74) is 4.55. The lowest BCUT2D eigenvalue weighted by Gasteiger charge is -2.31. The number of hydrogen-bond acceptors (Lipinski definition) is 4. The van der Waals surface area contributed by atoms with E-state index in [1.54, 1.807) is 18.0 Å². The molecular weight excluding hydrogens is 450 g/mol. The number of aryl methyl sites for hydroxylation is 2. The van der Waals surface area contributed by atoms with E-state index in [0.29, 0.717) is 25.1 Å². The van der Waals surface area contributed by atoms with Crippen LogP contribution in [0.15, 0.2) is 42.5 Å². The Morgan fingerprint density at radius 3 is 2.24 bits per heavy atom. The number of benzene rings is 2. The number of nitrogens with one attached hydrogen (secondary N) is 1. The van der Waals surface area contributed by atoms with Crippen molar-refractivity contribution >= 4 is 27.5 Å². The molecule has 0 aliphatic rings. The van der Waals surface area contributed by atoms with Crippen molar-refractivity contribution in [3.05, 3.63) is 64.7 Å². The molecule has 2 aromatic carbocycles. The highest BCUT2D eigenvalue weighted by Gasteiger charge is 2.28. The van der Waals surface area contributed by atoms with Crippen molar-refractivity contribution in [3.63, 3.8) is 0 Å². The number of carbonyl (C=O) groups excluding carboxylic acids is 2. The molecule has 0 saturated carbocycles. The van der Waals surface area contributed by atoms with Crippen molar-refractivity contribution in [3.8, 4) is 0 Å². The zero-order valence-corrected chi connectivity index (χ0v) is 21.9. The van der Waals surface area contributed by atoms with Crippen LogP contribution < -0.4 is 9.62 Å². The summed E-state index contributed by atoms with van der Waals surface area (Å²) >= 11 is 0. The van der Waals surface area contributed by atoms with E-state index in [1.165, 1.54) is 10.6 Å². The Kier molecular flexibility index (Phi) is 9.67. The Hall–Kier alpha value is -2.87. The predicted molar refractivity (Wildman–Crippen MR) is 137 cm³/mol. The molecule has 0 saturated heterocycles. The first-order valence-corrected chi connectivity index (χ1v) is 13.5. The minimum Gasteiger partial charge on any atom is -0.357 e. The summed E-state index contributed by atoms with van der Waals surface area (Å²) in [6.07, 6.45) is 2.14. The predicted octanol–water partition coefficient (Wildman–Crippen LogP) is 3.71. The largest absolute Gasteiger partial charge is 0.357 e. The van der Waals surface area contributed by atoms with Gasteiger partial charge in [0.05, 0.1) is 11.9 Å². The fourth-order valence-electron chi connectivity index (χ4n) is 4.05. The first-order valence-electron chi connectivity index (χ1n) is 11.6. The third-order valence-corrected chi connectivity index (χ3v) is 7.41. The number of sulfonamides is 1. The van der Waals surface area contributed by atoms with Gasteiger partial charge in [0, 0.05) is 26.6 Å². The van der Waals surface area contributed by atoms with E-state index in [9.17, 15) is 18.0 Å². The van der Waals surface area contributed by atoms with Crippen LogP contribution in [0.3, 0.4) is 0 Å². The summed E-state index contributed by atoms with van der Waals surface area (Å²) in [6, 6.07) is 12.8. The van der Waals surface area contributed by atoms with E-state index >= 15 is 0 Å². The number of amides is 2. The number of carbonyl (C=O) groups is 2. The second-order valence-electron chi connectivity index (χ2n) is 8.64. The second-order valence-corrected chi connectivity index (χ2v) is 10.6. The molecule has 2 aromatic rings. The maximum absolute atomic E-state index is 13.3. The molecule has 2 rings (SSSR count). The molecule has 8 heteroatoms. The number of anilines is 1. The van der Waals surface area contributed by atoms with Crippen molar-refractivity contribution in [1.82, 2.24) is 10.2 Å². The summed E-state index contributed by atoms with van der Waals surface area (Å²) in [5.74, 6) is -0.384. The Bertz CT molecular complexity index is 1110. The van der Waals surface area contributed by atoms with Gasteiger partial charge in [0.1, 0.15) is 6.04 Å². The van der Waals surface area contributed by atoms with Gasteiger partial charge in [-0.15, -0.1) is 0 Å². The topological polar surface area (TPSA) is 86.8 Å². The van der Waals surface area contributed by atoms with Crippen molar-refractivity contribution in [1.29, 1.82) is 0 Å². The normalized spacial score (nSPS) is 12.2. The highest BCUT2D eigenvalue weighted by Crippen LogP contribution is 2.25. The molecule has 0 heterocycles. The minimum absolute atomic E-state index is 0.135. The molecule has 0 spiro atoms. The summed E-state index contributed by atoms with van der Waals surface area (Å²) < 4.78 is 26.5. The van der Waals surface area contributed by atoms with E-state index in [-0.39, 0.29) is 24.8 Å². The quantitative estimate of drug-likeness (QED) is 0.523. The zero-order valence-electron chi connectivity index (χ0n) is 21.1. The Morgan fingerprint density at radius 2 is 1.65 bits per heavy atom. The van der Waals surface area contributed by atoms with Crippen LogP contribution in [-0.2, 0) is 26.2 Å². The maximum Gasteiger partial charge on any atom is 0.242 e. The molecule has 0 aromatic heterocycles. The van der Waals surface area contributed by atoms with Gasteiger partial charge in [-0.25, -0.2) is 8.42 Å². The van der Waals surface area contributed by atoms with Crippen LogP contribution in [0.2, 0.25) is 0 Å². The van der Waals surface area contributed by atoms with Crippen LogP contribution in [0, 0.1) is 20.8 Å². The Balaban J connectivity index is 2.24. The smallest absolute Gasteiger partial charge is 0.242 e. The van der Waals surface area contributed by atoms with Crippen LogP contribution in [0.5, 0.6) is 0 Å². The van der Waals surface area contributed by atoms with E-state index in [0.717, 1.165) is 22.3 Å². The van der Waals surface area contributed by atoms with Crippen molar-refractivity contribution in [2.45, 2.75) is 59.5 Å². The number of nitrogens with zero attached hydrogens (tertiary/aromatic N) is 2. The lowest BCUT2D eigenvalue weighted by Crippen LogP contribution is -2.48. The summed E-state index contributed by atoms with van der Waals surface area (Å²) in [5, 5.41) is 2.66. The van der Waals surface area contributed by atoms with Gasteiger partial charge in [-0.2, -0.15) is 0 Å². The van der Waals surface area contributed by atoms with Gasteiger partial charge in [-0.3, -0.25) is 13.9 Å². The Labute approximate surface area is 204 Å². The molecule has 1 atom stereocenters. The average Bonchev–Trinajstić information content (AvgIpc) is 2.78. The molecule has 0 bridgehead atoms. The van der Waals surface area contributed by atoms with Gasteiger partial charge >= 0.3 is 0 Å². The minimum atomic E-state index is -3.52. The van der Waals surface area contributed by atoms with E-state index in [1.807, 2.05) is 64.1 Å². The fraction of sp³-hybridized carbons (Fsp3) is 0.462. The van der Waals surface area contributed by atoms with Crippen molar-refractivity contribution < 1.29 is 18.0 Å². The van der Waals surface area contributed by atoms with Gasteiger partial charge in [-0.05, 0) is 61.9 Å². The third-order valence-electron chi connectivity index (χ3n) is 6.23. The lowest BCUT2D eigenvalue weighted by atomic mass is 10.1. The molecule has 0 radical (unpaired) electrons. The molecule has 0 aliphatic heterocycles. The van der Waals surface area contributed by atoms with Crippen LogP contribution >= 0.6 is 0 Å².